The van der Waals surface area contributed by atoms with Crippen LogP contribution in [0.25, 0.3) is 11.0 Å². The van der Waals surface area contributed by atoms with Gasteiger partial charge in [0.25, 0.3) is 0 Å². The van der Waals surface area contributed by atoms with E-state index in [-0.39, 0.29) is 11.3 Å². The summed E-state index contributed by atoms with van der Waals surface area (Å²) in [5, 5.41) is 19.7. The average molecular weight is 466 g/mol. The maximum atomic E-state index is 10.6. The standard InChI is InChI=1S/C20H22BrClN4O2/c1-20(2,3)10-26-14-6-7-15(16(21)17(14)24-25-26)28-19-13(8-12(22)9-23-19)18(27)11-4-5-11/h6-9,11,18,27H,4-5,10H2,1-3H3. The van der Waals surface area contributed by atoms with E-state index in [9.17, 15) is 5.11 Å². The minimum atomic E-state index is -0.628. The number of pyridine rings is 1. The molecule has 1 aliphatic rings. The van der Waals surface area contributed by atoms with E-state index in [0.717, 1.165) is 30.4 Å². The highest BCUT2D eigenvalue weighted by Gasteiger charge is 2.33. The lowest BCUT2D eigenvalue weighted by atomic mass is 9.97. The molecule has 3 aromatic rings. The number of ether oxygens (including phenoxy) is 1. The van der Waals surface area contributed by atoms with Crippen LogP contribution < -0.4 is 4.74 Å². The fourth-order valence-electron chi connectivity index (χ4n) is 3.14. The minimum Gasteiger partial charge on any atom is -0.437 e. The Morgan fingerprint density at radius 2 is 2.11 bits per heavy atom. The summed E-state index contributed by atoms with van der Waals surface area (Å²) in [5.41, 5.74) is 2.35. The molecule has 1 unspecified atom stereocenters. The molecule has 0 spiro atoms. The third-order valence-electron chi connectivity index (χ3n) is 4.65. The van der Waals surface area contributed by atoms with Crippen LogP contribution in [0.3, 0.4) is 0 Å². The SMILES string of the molecule is CC(C)(C)Cn1nnc2c(Br)c(Oc3ncc(Cl)cc3C(O)C3CC3)ccc21. The monoisotopic (exact) mass is 464 g/mol. The number of nitrogens with zero attached hydrogens (tertiary/aromatic N) is 4. The number of aliphatic hydroxyl groups is 1. The Morgan fingerprint density at radius 3 is 2.79 bits per heavy atom. The molecule has 0 radical (unpaired) electrons. The highest BCUT2D eigenvalue weighted by molar-refractivity contribution is 9.10. The number of aromatic nitrogens is 4. The second-order valence-corrected chi connectivity index (χ2v) is 9.71. The highest BCUT2D eigenvalue weighted by Crippen LogP contribution is 2.45. The van der Waals surface area contributed by atoms with Gasteiger partial charge in [0.15, 0.2) is 0 Å². The van der Waals surface area contributed by atoms with Gasteiger partial charge in [-0.2, -0.15) is 0 Å². The van der Waals surface area contributed by atoms with Crippen molar-refractivity contribution in [3.63, 3.8) is 0 Å². The van der Waals surface area contributed by atoms with E-state index < -0.39 is 6.10 Å². The number of aliphatic hydroxyl groups excluding tert-OH is 1. The summed E-state index contributed by atoms with van der Waals surface area (Å²) < 4.78 is 8.66. The van der Waals surface area contributed by atoms with Crippen molar-refractivity contribution in [1.29, 1.82) is 0 Å². The molecule has 2 heterocycles. The zero-order chi connectivity index (χ0) is 20.1. The van der Waals surface area contributed by atoms with Crippen molar-refractivity contribution in [2.75, 3.05) is 0 Å². The lowest BCUT2D eigenvalue weighted by Crippen LogP contribution is -2.16. The van der Waals surface area contributed by atoms with Crippen LogP contribution in [0, 0.1) is 11.3 Å². The zero-order valence-electron chi connectivity index (χ0n) is 16.0. The van der Waals surface area contributed by atoms with Crippen molar-refractivity contribution >= 4 is 38.6 Å². The second kappa shape index (κ2) is 7.28. The molecule has 1 aromatic carbocycles. The van der Waals surface area contributed by atoms with Crippen LogP contribution in [0.4, 0.5) is 0 Å². The summed E-state index contributed by atoms with van der Waals surface area (Å²) in [5.74, 6) is 1.16. The van der Waals surface area contributed by atoms with Crippen LogP contribution in [0.1, 0.15) is 45.3 Å². The van der Waals surface area contributed by atoms with Gasteiger partial charge in [-0.15, -0.1) is 5.10 Å². The van der Waals surface area contributed by atoms with Gasteiger partial charge in [0.1, 0.15) is 11.3 Å². The van der Waals surface area contributed by atoms with E-state index in [2.05, 4.69) is 52.0 Å². The molecule has 6 nitrogen and oxygen atoms in total. The van der Waals surface area contributed by atoms with Crippen LogP contribution in [-0.4, -0.2) is 25.1 Å². The summed E-state index contributed by atoms with van der Waals surface area (Å²) in [7, 11) is 0. The first-order chi connectivity index (χ1) is 13.2. The zero-order valence-corrected chi connectivity index (χ0v) is 18.3. The molecule has 2 aromatic heterocycles. The smallest absolute Gasteiger partial charge is 0.225 e. The van der Waals surface area contributed by atoms with E-state index in [4.69, 9.17) is 16.3 Å². The van der Waals surface area contributed by atoms with Gasteiger partial charge in [0.05, 0.1) is 21.1 Å². The van der Waals surface area contributed by atoms with Crippen LogP contribution in [0.2, 0.25) is 5.02 Å². The highest BCUT2D eigenvalue weighted by atomic mass is 79.9. The van der Waals surface area contributed by atoms with E-state index in [1.807, 2.05) is 16.8 Å². The lowest BCUT2D eigenvalue weighted by molar-refractivity contribution is 0.150. The number of halogens is 2. The van der Waals surface area contributed by atoms with Gasteiger partial charge >= 0.3 is 0 Å². The molecule has 8 heteroatoms. The first-order valence-corrected chi connectivity index (χ1v) is 10.4. The molecule has 1 N–H and O–H groups in total. The van der Waals surface area contributed by atoms with Crippen molar-refractivity contribution < 1.29 is 9.84 Å². The molecule has 28 heavy (non-hydrogen) atoms. The molecule has 0 amide bonds. The third-order valence-corrected chi connectivity index (χ3v) is 5.63. The van der Waals surface area contributed by atoms with E-state index in [0.29, 0.717) is 26.7 Å². The number of rotatable bonds is 5. The largest absolute Gasteiger partial charge is 0.437 e. The molecule has 1 atom stereocenters. The van der Waals surface area contributed by atoms with Gasteiger partial charge in [-0.3, -0.25) is 0 Å². The summed E-state index contributed by atoms with van der Waals surface area (Å²) >= 11 is 9.69. The topological polar surface area (TPSA) is 73.1 Å². The summed E-state index contributed by atoms with van der Waals surface area (Å²) in [6, 6.07) is 5.52. The quantitative estimate of drug-likeness (QED) is 0.537. The minimum absolute atomic E-state index is 0.0867. The second-order valence-electron chi connectivity index (χ2n) is 8.49. The van der Waals surface area contributed by atoms with Crippen LogP contribution >= 0.6 is 27.5 Å². The van der Waals surface area contributed by atoms with Crippen molar-refractivity contribution in [3.05, 3.63) is 39.5 Å². The number of hydrogen-bond donors (Lipinski definition) is 1. The van der Waals surface area contributed by atoms with Gasteiger partial charge in [-0.1, -0.05) is 37.6 Å². The van der Waals surface area contributed by atoms with Crippen molar-refractivity contribution in [2.24, 2.45) is 11.3 Å². The Balaban J connectivity index is 1.68. The first-order valence-electron chi connectivity index (χ1n) is 9.26. The van der Waals surface area contributed by atoms with Crippen LogP contribution in [0.5, 0.6) is 11.6 Å². The summed E-state index contributed by atoms with van der Waals surface area (Å²) in [6.45, 7) is 7.23. The summed E-state index contributed by atoms with van der Waals surface area (Å²) in [6.07, 6.45) is 2.89. The lowest BCUT2D eigenvalue weighted by Gasteiger charge is -2.18. The van der Waals surface area contributed by atoms with E-state index in [1.165, 1.54) is 6.20 Å². The van der Waals surface area contributed by atoms with Crippen molar-refractivity contribution in [1.82, 2.24) is 20.0 Å². The Kier molecular flexibility index (Phi) is 5.10. The molecule has 148 valence electrons. The fourth-order valence-corrected chi connectivity index (χ4v) is 3.80. The van der Waals surface area contributed by atoms with E-state index >= 15 is 0 Å². The van der Waals surface area contributed by atoms with Gasteiger partial charge in [-0.25, -0.2) is 9.67 Å². The van der Waals surface area contributed by atoms with Gasteiger partial charge in [0, 0.05) is 18.3 Å². The Hall–Kier alpha value is -1.70. The Morgan fingerprint density at radius 1 is 1.36 bits per heavy atom. The Bertz CT molecular complexity index is 1030. The molecule has 4 rings (SSSR count). The molecule has 1 saturated carbocycles. The molecule has 1 fully saturated rings. The van der Waals surface area contributed by atoms with Crippen molar-refractivity contribution in [2.45, 2.75) is 46.3 Å². The molecular formula is C20H22BrClN4O2. The maximum absolute atomic E-state index is 10.6. The number of hydrogen-bond acceptors (Lipinski definition) is 5. The molecule has 0 bridgehead atoms. The Labute approximate surface area is 177 Å². The normalized spacial score (nSPS) is 15.8. The van der Waals surface area contributed by atoms with Crippen LogP contribution in [-0.2, 0) is 6.54 Å². The molecule has 0 saturated heterocycles. The van der Waals surface area contributed by atoms with Crippen LogP contribution in [0.15, 0.2) is 28.9 Å². The van der Waals surface area contributed by atoms with Gasteiger partial charge in [-0.05, 0) is 58.3 Å². The number of benzene rings is 1. The predicted octanol–water partition coefficient (Wildman–Crippen LogP) is 5.52. The third kappa shape index (κ3) is 4.02. The molecule has 1 aliphatic carbocycles. The van der Waals surface area contributed by atoms with E-state index in [1.54, 1.807) is 6.07 Å². The van der Waals surface area contributed by atoms with Crippen molar-refractivity contribution in [3.8, 4) is 11.6 Å². The predicted molar refractivity (Wildman–Crippen MR) is 112 cm³/mol. The summed E-state index contributed by atoms with van der Waals surface area (Å²) in [4.78, 5) is 4.30. The first kappa shape index (κ1) is 19.6. The molecular weight excluding hydrogens is 444 g/mol. The fraction of sp³-hybridized carbons (Fsp3) is 0.450. The van der Waals surface area contributed by atoms with Gasteiger partial charge in [0.2, 0.25) is 5.88 Å². The number of fused-ring (bicyclic) bond motifs is 1. The molecule has 0 aliphatic heterocycles. The van der Waals surface area contributed by atoms with Gasteiger partial charge < -0.3 is 9.84 Å². The maximum Gasteiger partial charge on any atom is 0.225 e. The average Bonchev–Trinajstić information content (AvgIpc) is 3.39.